The topological polar surface area (TPSA) is 90.1 Å². The number of aryl methyl sites for hydroxylation is 2. The number of nitrogens with zero attached hydrogens (tertiary/aromatic N) is 4. The fourth-order valence-electron chi connectivity index (χ4n) is 1.32. The van der Waals surface area contributed by atoms with Gasteiger partial charge in [0.05, 0.1) is 0 Å². The first-order valence-corrected chi connectivity index (χ1v) is 4.80. The minimum atomic E-state index is -1.10. The summed E-state index contributed by atoms with van der Waals surface area (Å²) in [4.78, 5) is 18.8. The molecule has 0 saturated carbocycles. The zero-order valence-corrected chi connectivity index (χ0v) is 9.28. The normalized spacial score (nSPS) is 10.2. The van der Waals surface area contributed by atoms with Crippen molar-refractivity contribution in [2.45, 2.75) is 6.92 Å². The molecule has 0 atom stereocenters. The molecular weight excluding hydrogens is 224 g/mol. The zero-order valence-electron chi connectivity index (χ0n) is 9.28. The van der Waals surface area contributed by atoms with Crippen LogP contribution in [0.25, 0.3) is 0 Å². The van der Waals surface area contributed by atoms with Crippen molar-refractivity contribution in [3.63, 3.8) is 0 Å². The van der Waals surface area contributed by atoms with E-state index >= 15 is 0 Å². The predicted molar refractivity (Wildman–Crippen MR) is 57.0 cm³/mol. The molecule has 0 unspecified atom stereocenters. The van der Waals surface area contributed by atoms with Crippen LogP contribution in [0, 0.1) is 6.92 Å². The smallest absolute Gasteiger partial charge is 0.342 e. The third-order valence-corrected chi connectivity index (χ3v) is 2.10. The van der Waals surface area contributed by atoms with Crippen LogP contribution in [0.4, 0.5) is 0 Å². The highest BCUT2D eigenvalue weighted by Crippen LogP contribution is 2.22. The molecule has 0 spiro atoms. The Hall–Kier alpha value is -2.44. The van der Waals surface area contributed by atoms with Crippen molar-refractivity contribution in [1.29, 1.82) is 0 Å². The molecule has 7 heteroatoms. The second-order valence-electron chi connectivity index (χ2n) is 3.42. The van der Waals surface area contributed by atoms with Crippen LogP contribution in [0.1, 0.15) is 15.9 Å². The zero-order chi connectivity index (χ0) is 12.4. The van der Waals surface area contributed by atoms with Crippen LogP contribution in [0.3, 0.4) is 0 Å². The number of hydrogen-bond donors (Lipinski definition) is 1. The van der Waals surface area contributed by atoms with E-state index in [2.05, 4.69) is 15.1 Å². The number of hydrogen-bond acceptors (Lipinski definition) is 5. The summed E-state index contributed by atoms with van der Waals surface area (Å²) in [6.07, 6.45) is 2.92. The van der Waals surface area contributed by atoms with E-state index < -0.39 is 5.97 Å². The van der Waals surface area contributed by atoms with Crippen molar-refractivity contribution in [3.05, 3.63) is 29.7 Å². The predicted octanol–water partition coefficient (Wildman–Crippen LogP) is 1.01. The number of aromatic nitrogens is 4. The molecule has 0 radical (unpaired) electrons. The highest BCUT2D eigenvalue weighted by atomic mass is 16.5. The van der Waals surface area contributed by atoms with Gasteiger partial charge in [-0.1, -0.05) is 0 Å². The highest BCUT2D eigenvalue weighted by Gasteiger charge is 2.17. The van der Waals surface area contributed by atoms with Crippen molar-refractivity contribution < 1.29 is 14.6 Å². The molecule has 0 aliphatic heterocycles. The van der Waals surface area contributed by atoms with Gasteiger partial charge in [0.2, 0.25) is 5.88 Å². The summed E-state index contributed by atoms with van der Waals surface area (Å²) in [5.74, 6) is -1.11. The third kappa shape index (κ3) is 2.22. The minimum absolute atomic E-state index is 0.0105. The van der Waals surface area contributed by atoms with Gasteiger partial charge in [0, 0.05) is 13.2 Å². The second-order valence-corrected chi connectivity index (χ2v) is 3.42. The Labute approximate surface area is 96.7 Å². The number of carbonyl (C=O) groups is 1. The molecule has 0 fully saturated rings. The van der Waals surface area contributed by atoms with E-state index in [0.29, 0.717) is 5.56 Å². The average Bonchev–Trinajstić information content (AvgIpc) is 2.63. The van der Waals surface area contributed by atoms with Crippen LogP contribution >= 0.6 is 0 Å². The maximum Gasteiger partial charge on any atom is 0.342 e. The van der Waals surface area contributed by atoms with Gasteiger partial charge in [-0.15, -0.1) is 5.10 Å². The van der Waals surface area contributed by atoms with Gasteiger partial charge < -0.3 is 9.84 Å². The number of ether oxygens (including phenoxy) is 1. The molecule has 0 bridgehead atoms. The monoisotopic (exact) mass is 234 g/mol. The Morgan fingerprint density at radius 2 is 2.24 bits per heavy atom. The van der Waals surface area contributed by atoms with Gasteiger partial charge in [-0.05, 0) is 18.6 Å². The second kappa shape index (κ2) is 4.20. The Bertz CT molecular complexity index is 564. The summed E-state index contributed by atoms with van der Waals surface area (Å²) in [6.45, 7) is 1.67. The molecule has 2 heterocycles. The lowest BCUT2D eigenvalue weighted by Crippen LogP contribution is -2.05. The SMILES string of the molecule is Cc1ccnc(Oc2ncn(C)n2)c1C(=O)O. The molecule has 0 aromatic carbocycles. The van der Waals surface area contributed by atoms with Crippen molar-refractivity contribution in [2.75, 3.05) is 0 Å². The van der Waals surface area contributed by atoms with Gasteiger partial charge in [0.15, 0.2) is 0 Å². The van der Waals surface area contributed by atoms with E-state index in [1.807, 2.05) is 0 Å². The molecule has 0 aliphatic carbocycles. The first-order valence-electron chi connectivity index (χ1n) is 4.80. The lowest BCUT2D eigenvalue weighted by Gasteiger charge is -2.05. The largest absolute Gasteiger partial charge is 0.477 e. The van der Waals surface area contributed by atoms with E-state index in [1.165, 1.54) is 17.2 Å². The molecule has 0 saturated heterocycles. The summed E-state index contributed by atoms with van der Waals surface area (Å²) in [6, 6.07) is 1.66. The van der Waals surface area contributed by atoms with E-state index in [4.69, 9.17) is 9.84 Å². The maximum atomic E-state index is 11.1. The van der Waals surface area contributed by atoms with Crippen molar-refractivity contribution >= 4 is 5.97 Å². The molecule has 17 heavy (non-hydrogen) atoms. The van der Waals surface area contributed by atoms with Crippen molar-refractivity contribution in [2.24, 2.45) is 7.05 Å². The van der Waals surface area contributed by atoms with Gasteiger partial charge in [0.25, 0.3) is 0 Å². The summed E-state index contributed by atoms with van der Waals surface area (Å²) in [7, 11) is 1.68. The number of pyridine rings is 1. The Kier molecular flexibility index (Phi) is 2.73. The molecule has 2 aromatic rings. The summed E-state index contributed by atoms with van der Waals surface area (Å²) < 4.78 is 6.69. The standard InChI is InChI=1S/C10H10N4O3/c1-6-3-4-11-8(7(6)9(15)16)17-10-12-5-14(2)13-10/h3-5H,1-2H3,(H,15,16). The van der Waals surface area contributed by atoms with Crippen LogP contribution in [0.2, 0.25) is 0 Å². The summed E-state index contributed by atoms with van der Waals surface area (Å²) >= 11 is 0. The average molecular weight is 234 g/mol. The van der Waals surface area contributed by atoms with E-state index in [0.717, 1.165) is 0 Å². The van der Waals surface area contributed by atoms with Crippen LogP contribution in [0.5, 0.6) is 11.9 Å². The van der Waals surface area contributed by atoms with Crippen LogP contribution in [-0.2, 0) is 7.05 Å². The Morgan fingerprint density at radius 1 is 1.47 bits per heavy atom. The fourth-order valence-corrected chi connectivity index (χ4v) is 1.32. The molecule has 2 aromatic heterocycles. The van der Waals surface area contributed by atoms with E-state index in [-0.39, 0.29) is 17.5 Å². The van der Waals surface area contributed by atoms with Crippen LogP contribution < -0.4 is 4.74 Å². The van der Waals surface area contributed by atoms with Crippen LogP contribution in [-0.4, -0.2) is 30.8 Å². The molecular formula is C10H10N4O3. The molecule has 0 amide bonds. The van der Waals surface area contributed by atoms with Gasteiger partial charge in [-0.2, -0.15) is 4.98 Å². The fraction of sp³-hybridized carbons (Fsp3) is 0.200. The van der Waals surface area contributed by atoms with Gasteiger partial charge in [0.1, 0.15) is 11.9 Å². The Balaban J connectivity index is 2.39. The summed E-state index contributed by atoms with van der Waals surface area (Å²) in [5.41, 5.74) is 0.582. The lowest BCUT2D eigenvalue weighted by atomic mass is 10.1. The van der Waals surface area contributed by atoms with E-state index in [9.17, 15) is 4.79 Å². The van der Waals surface area contributed by atoms with Gasteiger partial charge in [-0.3, -0.25) is 4.68 Å². The molecule has 88 valence electrons. The van der Waals surface area contributed by atoms with E-state index in [1.54, 1.807) is 20.0 Å². The molecule has 0 aliphatic rings. The van der Waals surface area contributed by atoms with Crippen LogP contribution in [0.15, 0.2) is 18.6 Å². The number of carboxylic acid groups (broad SMARTS) is 1. The highest BCUT2D eigenvalue weighted by molar-refractivity contribution is 5.91. The molecule has 7 nitrogen and oxygen atoms in total. The van der Waals surface area contributed by atoms with Gasteiger partial charge >= 0.3 is 12.0 Å². The third-order valence-electron chi connectivity index (χ3n) is 2.10. The van der Waals surface area contributed by atoms with Gasteiger partial charge in [-0.25, -0.2) is 9.78 Å². The van der Waals surface area contributed by atoms with Crippen molar-refractivity contribution in [1.82, 2.24) is 19.7 Å². The molecule has 1 N–H and O–H groups in total. The number of rotatable bonds is 3. The number of carboxylic acids is 1. The molecule has 2 rings (SSSR count). The summed E-state index contributed by atoms with van der Waals surface area (Å²) in [5, 5.41) is 13.0. The maximum absolute atomic E-state index is 11.1. The van der Waals surface area contributed by atoms with Crippen molar-refractivity contribution in [3.8, 4) is 11.9 Å². The Morgan fingerprint density at radius 3 is 2.82 bits per heavy atom. The number of aromatic carboxylic acids is 1. The first-order chi connectivity index (χ1) is 8.08. The first kappa shape index (κ1) is 11.1. The lowest BCUT2D eigenvalue weighted by molar-refractivity contribution is 0.0692. The minimum Gasteiger partial charge on any atom is -0.477 e. The quantitative estimate of drug-likeness (QED) is 0.852.